The van der Waals surface area contributed by atoms with Crippen LogP contribution < -0.4 is 0 Å². The maximum atomic E-state index is 14.3. The number of hydrogen-bond donors (Lipinski definition) is 0. The SMILES string of the molecule is O=C(OCc1ccccc1)[C@@H]1[C@@H]2C[C@H](CC2F)N1C(=O)OCc1ccccc1. The van der Waals surface area contributed by atoms with Gasteiger partial charge in [-0.25, -0.2) is 14.0 Å². The minimum absolute atomic E-state index is 0.0947. The highest BCUT2D eigenvalue weighted by atomic mass is 19.1. The molecule has 4 rings (SSSR count). The smallest absolute Gasteiger partial charge is 0.411 e. The van der Waals surface area contributed by atoms with Gasteiger partial charge in [0.15, 0.2) is 0 Å². The van der Waals surface area contributed by atoms with Crippen molar-refractivity contribution in [2.75, 3.05) is 0 Å². The van der Waals surface area contributed by atoms with Gasteiger partial charge in [0.2, 0.25) is 0 Å². The van der Waals surface area contributed by atoms with Crippen LogP contribution in [0.25, 0.3) is 0 Å². The predicted molar refractivity (Wildman–Crippen MR) is 99.9 cm³/mol. The Balaban J connectivity index is 1.42. The third-order valence-electron chi connectivity index (χ3n) is 5.49. The van der Waals surface area contributed by atoms with E-state index >= 15 is 0 Å². The van der Waals surface area contributed by atoms with Crippen LogP contribution in [0.4, 0.5) is 9.18 Å². The number of likely N-dealkylation sites (tertiary alicyclic amines) is 1. The number of ether oxygens (including phenoxy) is 2. The molecule has 2 fully saturated rings. The summed E-state index contributed by atoms with van der Waals surface area (Å²) in [4.78, 5) is 26.8. The van der Waals surface area contributed by atoms with E-state index in [1.165, 1.54) is 4.90 Å². The maximum Gasteiger partial charge on any atom is 0.411 e. The highest BCUT2D eigenvalue weighted by Crippen LogP contribution is 2.45. The summed E-state index contributed by atoms with van der Waals surface area (Å²) < 4.78 is 25.1. The van der Waals surface area contributed by atoms with Crippen molar-refractivity contribution in [3.63, 3.8) is 0 Å². The number of amides is 1. The fourth-order valence-corrected chi connectivity index (χ4v) is 4.14. The average molecular weight is 383 g/mol. The van der Waals surface area contributed by atoms with Gasteiger partial charge in [-0.3, -0.25) is 4.90 Å². The number of piperidine rings is 1. The molecular weight excluding hydrogens is 361 g/mol. The van der Waals surface area contributed by atoms with Crippen LogP contribution in [0.15, 0.2) is 60.7 Å². The Bertz CT molecular complexity index is 829. The number of alkyl halides is 1. The quantitative estimate of drug-likeness (QED) is 0.736. The largest absolute Gasteiger partial charge is 0.459 e. The zero-order chi connectivity index (χ0) is 19.5. The summed E-state index contributed by atoms with van der Waals surface area (Å²) in [6.07, 6.45) is -0.984. The molecule has 0 aromatic heterocycles. The molecule has 1 aliphatic heterocycles. The lowest BCUT2D eigenvalue weighted by atomic mass is 9.97. The van der Waals surface area contributed by atoms with Gasteiger partial charge in [0.25, 0.3) is 0 Å². The van der Waals surface area contributed by atoms with E-state index in [9.17, 15) is 14.0 Å². The molecule has 28 heavy (non-hydrogen) atoms. The zero-order valence-electron chi connectivity index (χ0n) is 15.4. The number of carbonyl (C=O) groups excluding carboxylic acids is 2. The minimum Gasteiger partial charge on any atom is -0.459 e. The molecule has 1 amide bonds. The first kappa shape index (κ1) is 18.5. The summed E-state index contributed by atoms with van der Waals surface area (Å²) in [5, 5.41) is 0. The topological polar surface area (TPSA) is 55.8 Å². The van der Waals surface area contributed by atoms with E-state index < -0.39 is 30.2 Å². The van der Waals surface area contributed by atoms with Crippen LogP contribution in [-0.2, 0) is 27.5 Å². The van der Waals surface area contributed by atoms with E-state index in [0.29, 0.717) is 6.42 Å². The standard InChI is InChI=1S/C22H22FNO4/c23-19-12-17-11-18(19)20(21(25)27-13-15-7-3-1-4-8-15)24(17)22(26)28-14-16-9-5-2-6-10-16/h1-10,17-20H,11-14H2/t17-,18-,19?,20+/m1/s1. The van der Waals surface area contributed by atoms with Crippen molar-refractivity contribution in [2.24, 2.45) is 5.92 Å². The molecule has 146 valence electrons. The Labute approximate surface area is 163 Å². The number of hydrogen-bond acceptors (Lipinski definition) is 4. The van der Waals surface area contributed by atoms with Gasteiger partial charge in [-0.1, -0.05) is 60.7 Å². The summed E-state index contributed by atoms with van der Waals surface area (Å²) in [5.41, 5.74) is 1.70. The Kier molecular flexibility index (Phi) is 5.28. The van der Waals surface area contributed by atoms with Crippen molar-refractivity contribution in [3.8, 4) is 0 Å². The second-order valence-corrected chi connectivity index (χ2v) is 7.29. The number of benzene rings is 2. The fourth-order valence-electron chi connectivity index (χ4n) is 4.14. The number of esters is 1. The molecule has 4 atom stereocenters. The monoisotopic (exact) mass is 383 g/mol. The van der Waals surface area contributed by atoms with Gasteiger partial charge in [-0.2, -0.15) is 0 Å². The van der Waals surface area contributed by atoms with Crippen LogP contribution in [0.1, 0.15) is 24.0 Å². The molecule has 1 saturated heterocycles. The average Bonchev–Trinajstić information content (AvgIpc) is 3.29. The van der Waals surface area contributed by atoms with E-state index in [4.69, 9.17) is 9.47 Å². The van der Waals surface area contributed by atoms with Crippen LogP contribution in [0.3, 0.4) is 0 Å². The second kappa shape index (κ2) is 8.00. The normalized spacial score (nSPS) is 25.5. The highest BCUT2D eigenvalue weighted by molar-refractivity contribution is 5.83. The first-order chi connectivity index (χ1) is 13.6. The van der Waals surface area contributed by atoms with E-state index in [0.717, 1.165) is 11.1 Å². The van der Waals surface area contributed by atoms with Gasteiger partial charge >= 0.3 is 12.1 Å². The summed E-state index contributed by atoms with van der Waals surface area (Å²) in [6.45, 7) is 0.204. The Hall–Kier alpha value is -2.89. The lowest BCUT2D eigenvalue weighted by Gasteiger charge is -2.34. The summed E-state index contributed by atoms with van der Waals surface area (Å²) in [5.74, 6) is -1.10. The molecule has 5 nitrogen and oxygen atoms in total. The zero-order valence-corrected chi connectivity index (χ0v) is 15.4. The van der Waals surface area contributed by atoms with Crippen molar-refractivity contribution in [1.82, 2.24) is 4.90 Å². The van der Waals surface area contributed by atoms with E-state index in [-0.39, 0.29) is 25.7 Å². The molecule has 1 aliphatic carbocycles. The van der Waals surface area contributed by atoms with Crippen LogP contribution in [0, 0.1) is 5.92 Å². The molecule has 0 spiro atoms. The van der Waals surface area contributed by atoms with E-state index in [2.05, 4.69) is 0 Å². The van der Waals surface area contributed by atoms with Crippen molar-refractivity contribution >= 4 is 12.1 Å². The molecule has 6 heteroatoms. The van der Waals surface area contributed by atoms with E-state index in [1.54, 1.807) is 0 Å². The third-order valence-corrected chi connectivity index (χ3v) is 5.49. The van der Waals surface area contributed by atoms with Crippen LogP contribution >= 0.6 is 0 Å². The van der Waals surface area contributed by atoms with Gasteiger partial charge in [0.1, 0.15) is 25.4 Å². The number of fused-ring (bicyclic) bond motifs is 2. The lowest BCUT2D eigenvalue weighted by Crippen LogP contribution is -2.52. The number of halogens is 1. The van der Waals surface area contributed by atoms with Crippen molar-refractivity contribution in [3.05, 3.63) is 71.8 Å². The van der Waals surface area contributed by atoms with Crippen molar-refractivity contribution in [2.45, 2.75) is 44.3 Å². The lowest BCUT2D eigenvalue weighted by molar-refractivity contribution is -0.153. The molecular formula is C22H22FNO4. The molecule has 1 unspecified atom stereocenters. The molecule has 2 bridgehead atoms. The number of rotatable bonds is 5. The van der Waals surface area contributed by atoms with Gasteiger partial charge in [0, 0.05) is 12.0 Å². The van der Waals surface area contributed by atoms with Crippen LogP contribution in [0.5, 0.6) is 0 Å². The van der Waals surface area contributed by atoms with Crippen LogP contribution in [-0.4, -0.2) is 35.2 Å². The first-order valence-corrected chi connectivity index (χ1v) is 9.47. The molecule has 2 aliphatic rings. The molecule has 2 aromatic rings. The van der Waals surface area contributed by atoms with Crippen molar-refractivity contribution < 1.29 is 23.5 Å². The van der Waals surface area contributed by atoms with Gasteiger partial charge in [-0.05, 0) is 24.0 Å². The summed E-state index contributed by atoms with van der Waals surface area (Å²) in [7, 11) is 0. The van der Waals surface area contributed by atoms with E-state index in [1.807, 2.05) is 60.7 Å². The number of nitrogens with zero attached hydrogens (tertiary/aromatic N) is 1. The van der Waals surface area contributed by atoms with Gasteiger partial charge < -0.3 is 9.47 Å². The Morgan fingerprint density at radius 2 is 1.46 bits per heavy atom. The Morgan fingerprint density at radius 3 is 2.07 bits per heavy atom. The van der Waals surface area contributed by atoms with Crippen molar-refractivity contribution in [1.29, 1.82) is 0 Å². The second-order valence-electron chi connectivity index (χ2n) is 7.29. The molecule has 2 aromatic carbocycles. The molecule has 0 N–H and O–H groups in total. The van der Waals surface area contributed by atoms with Gasteiger partial charge in [0.05, 0.1) is 0 Å². The molecule has 0 radical (unpaired) electrons. The third kappa shape index (κ3) is 3.72. The fraction of sp³-hybridized carbons (Fsp3) is 0.364. The Morgan fingerprint density at radius 1 is 0.893 bits per heavy atom. The molecule has 1 heterocycles. The predicted octanol–water partition coefficient (Wildman–Crippen LogP) is 3.87. The maximum absolute atomic E-state index is 14.3. The molecule has 1 saturated carbocycles. The van der Waals surface area contributed by atoms with Gasteiger partial charge in [-0.15, -0.1) is 0 Å². The first-order valence-electron chi connectivity index (χ1n) is 9.47. The number of carbonyl (C=O) groups is 2. The van der Waals surface area contributed by atoms with Crippen LogP contribution in [0.2, 0.25) is 0 Å². The highest BCUT2D eigenvalue weighted by Gasteiger charge is 2.57. The summed E-state index contributed by atoms with van der Waals surface area (Å²) in [6, 6.07) is 17.3. The minimum atomic E-state index is -1.10. The summed E-state index contributed by atoms with van der Waals surface area (Å²) >= 11 is 0.